The zero-order chi connectivity index (χ0) is 15.8. The molecule has 0 saturated heterocycles. The van der Waals surface area contributed by atoms with Crippen LogP contribution in [0.2, 0.25) is 5.02 Å². The van der Waals surface area contributed by atoms with Crippen molar-refractivity contribution in [3.05, 3.63) is 52.7 Å². The number of carbonyl (C=O) groups is 1. The van der Waals surface area contributed by atoms with E-state index < -0.39 is 0 Å². The molecule has 1 N–H and O–H groups in total. The number of hydrogen-bond donors (Lipinski definition) is 1. The summed E-state index contributed by atoms with van der Waals surface area (Å²) in [4.78, 5) is 19.2. The highest BCUT2D eigenvalue weighted by Gasteiger charge is 2.28. The summed E-state index contributed by atoms with van der Waals surface area (Å²) in [5.41, 5.74) is 2.72. The SMILES string of the molecule is O=C(c1cccnc1NCC1CC1)N1CCc2cc(Cl)ccc21. The number of carbonyl (C=O) groups excluding carboxylic acids is 1. The highest BCUT2D eigenvalue weighted by Crippen LogP contribution is 2.33. The van der Waals surface area contributed by atoms with Gasteiger partial charge in [0, 0.05) is 30.0 Å². The number of nitrogens with zero attached hydrogens (tertiary/aromatic N) is 2. The molecule has 2 aromatic rings. The van der Waals surface area contributed by atoms with Gasteiger partial charge >= 0.3 is 0 Å². The van der Waals surface area contributed by atoms with Gasteiger partial charge in [-0.1, -0.05) is 11.6 Å². The Balaban J connectivity index is 1.60. The van der Waals surface area contributed by atoms with Gasteiger partial charge in [0.05, 0.1) is 5.56 Å². The number of nitrogens with one attached hydrogen (secondary N) is 1. The van der Waals surface area contributed by atoms with Crippen molar-refractivity contribution in [1.29, 1.82) is 0 Å². The second kappa shape index (κ2) is 5.85. The lowest BCUT2D eigenvalue weighted by Crippen LogP contribution is -2.30. The van der Waals surface area contributed by atoms with Crippen LogP contribution in [0.25, 0.3) is 0 Å². The van der Waals surface area contributed by atoms with Gasteiger partial charge in [0.25, 0.3) is 5.91 Å². The fourth-order valence-corrected chi connectivity index (χ4v) is 3.20. The fraction of sp³-hybridized carbons (Fsp3) is 0.333. The number of aromatic nitrogens is 1. The summed E-state index contributed by atoms with van der Waals surface area (Å²) < 4.78 is 0. The number of rotatable bonds is 4. The van der Waals surface area contributed by atoms with E-state index >= 15 is 0 Å². The van der Waals surface area contributed by atoms with Gasteiger partial charge < -0.3 is 10.2 Å². The number of fused-ring (bicyclic) bond motifs is 1. The third-order valence-corrected chi connectivity index (χ3v) is 4.71. The molecular weight excluding hydrogens is 310 g/mol. The van der Waals surface area contributed by atoms with Crippen molar-refractivity contribution in [2.75, 3.05) is 23.3 Å². The minimum Gasteiger partial charge on any atom is -0.369 e. The molecule has 1 aliphatic carbocycles. The topological polar surface area (TPSA) is 45.2 Å². The van der Waals surface area contributed by atoms with Gasteiger partial charge in [-0.3, -0.25) is 4.79 Å². The Morgan fingerprint density at radius 2 is 2.22 bits per heavy atom. The first-order valence-corrected chi connectivity index (χ1v) is 8.39. The fourth-order valence-electron chi connectivity index (χ4n) is 3.01. The first kappa shape index (κ1) is 14.5. The highest BCUT2D eigenvalue weighted by molar-refractivity contribution is 6.30. The molecule has 1 aromatic carbocycles. The normalized spacial score (nSPS) is 16.3. The maximum absolute atomic E-state index is 13.0. The van der Waals surface area contributed by atoms with Gasteiger partial charge in [-0.05, 0) is 61.1 Å². The Kier molecular flexibility index (Phi) is 3.69. The standard InChI is InChI=1S/C18H18ClN3O/c19-14-5-6-16-13(10-14)7-9-22(16)18(23)15-2-1-8-20-17(15)21-11-12-3-4-12/h1-2,5-6,8,10,12H,3-4,7,9,11H2,(H,20,21). The first-order valence-electron chi connectivity index (χ1n) is 8.01. The summed E-state index contributed by atoms with van der Waals surface area (Å²) in [6.45, 7) is 1.58. The van der Waals surface area contributed by atoms with Gasteiger partial charge in [0.2, 0.25) is 0 Å². The summed E-state index contributed by atoms with van der Waals surface area (Å²) >= 11 is 6.05. The molecule has 118 valence electrons. The van der Waals surface area contributed by atoms with E-state index in [9.17, 15) is 4.79 Å². The Bertz CT molecular complexity index is 758. The second-order valence-electron chi connectivity index (χ2n) is 6.20. The molecule has 0 atom stereocenters. The van der Waals surface area contributed by atoms with Crippen molar-refractivity contribution < 1.29 is 4.79 Å². The molecule has 1 aliphatic heterocycles. The molecule has 4 nitrogen and oxygen atoms in total. The number of pyridine rings is 1. The monoisotopic (exact) mass is 327 g/mol. The predicted molar refractivity (Wildman–Crippen MR) is 92.3 cm³/mol. The van der Waals surface area contributed by atoms with Crippen molar-refractivity contribution in [2.45, 2.75) is 19.3 Å². The molecule has 1 fully saturated rings. The largest absolute Gasteiger partial charge is 0.369 e. The van der Waals surface area contributed by atoms with Gasteiger partial charge in [-0.25, -0.2) is 4.98 Å². The van der Waals surface area contributed by atoms with Crippen molar-refractivity contribution in [3.8, 4) is 0 Å². The number of halogens is 1. The predicted octanol–water partition coefficient (Wildman–Crippen LogP) is 3.76. The molecule has 0 unspecified atom stereocenters. The van der Waals surface area contributed by atoms with E-state index in [0.717, 1.165) is 30.1 Å². The molecule has 4 rings (SSSR count). The molecule has 5 heteroatoms. The van der Waals surface area contributed by atoms with Crippen LogP contribution in [0.4, 0.5) is 11.5 Å². The van der Waals surface area contributed by atoms with Crippen LogP contribution in [0.1, 0.15) is 28.8 Å². The van der Waals surface area contributed by atoms with Crippen molar-refractivity contribution in [1.82, 2.24) is 4.98 Å². The van der Waals surface area contributed by atoms with Crippen molar-refractivity contribution >= 4 is 29.0 Å². The van der Waals surface area contributed by atoms with E-state index in [0.29, 0.717) is 22.9 Å². The average Bonchev–Trinajstić information content (AvgIpc) is 3.31. The van der Waals surface area contributed by atoms with Gasteiger partial charge in [-0.15, -0.1) is 0 Å². The van der Waals surface area contributed by atoms with E-state index in [1.54, 1.807) is 6.20 Å². The van der Waals surface area contributed by atoms with Crippen LogP contribution >= 0.6 is 11.6 Å². The summed E-state index contributed by atoms with van der Waals surface area (Å²) in [6.07, 6.45) is 5.10. The molecule has 2 aliphatic rings. The van der Waals surface area contributed by atoms with E-state index in [2.05, 4.69) is 10.3 Å². The number of benzene rings is 1. The summed E-state index contributed by atoms with van der Waals surface area (Å²) in [7, 11) is 0. The van der Waals surface area contributed by atoms with Crippen LogP contribution in [-0.4, -0.2) is 24.0 Å². The van der Waals surface area contributed by atoms with Crippen LogP contribution in [0.15, 0.2) is 36.5 Å². The number of amides is 1. The minimum atomic E-state index is -0.00234. The lowest BCUT2D eigenvalue weighted by molar-refractivity contribution is 0.0990. The first-order chi connectivity index (χ1) is 11.2. The van der Waals surface area contributed by atoms with Crippen LogP contribution in [0.3, 0.4) is 0 Å². The highest BCUT2D eigenvalue weighted by atomic mass is 35.5. The average molecular weight is 328 g/mol. The molecule has 1 aromatic heterocycles. The molecular formula is C18H18ClN3O. The lowest BCUT2D eigenvalue weighted by atomic mass is 10.1. The van der Waals surface area contributed by atoms with E-state index in [-0.39, 0.29) is 5.91 Å². The summed E-state index contributed by atoms with van der Waals surface area (Å²) in [5.74, 6) is 1.42. The van der Waals surface area contributed by atoms with Crippen LogP contribution in [0.5, 0.6) is 0 Å². The van der Waals surface area contributed by atoms with E-state index in [1.165, 1.54) is 12.8 Å². The third-order valence-electron chi connectivity index (χ3n) is 4.48. The van der Waals surface area contributed by atoms with Gasteiger partial charge in [-0.2, -0.15) is 0 Å². The quantitative estimate of drug-likeness (QED) is 0.930. The van der Waals surface area contributed by atoms with E-state index in [4.69, 9.17) is 11.6 Å². The Morgan fingerprint density at radius 3 is 3.04 bits per heavy atom. The van der Waals surface area contributed by atoms with Crippen molar-refractivity contribution in [2.24, 2.45) is 5.92 Å². The Labute approximate surface area is 140 Å². The molecule has 1 amide bonds. The molecule has 0 radical (unpaired) electrons. The van der Waals surface area contributed by atoms with Crippen LogP contribution < -0.4 is 10.2 Å². The molecule has 0 spiro atoms. The zero-order valence-corrected chi connectivity index (χ0v) is 13.5. The Hall–Kier alpha value is -2.07. The van der Waals surface area contributed by atoms with Gasteiger partial charge in [0.15, 0.2) is 0 Å². The Morgan fingerprint density at radius 1 is 1.35 bits per heavy atom. The molecule has 1 saturated carbocycles. The zero-order valence-electron chi connectivity index (χ0n) is 12.8. The van der Waals surface area contributed by atoms with E-state index in [1.807, 2.05) is 35.2 Å². The van der Waals surface area contributed by atoms with Crippen molar-refractivity contribution in [3.63, 3.8) is 0 Å². The summed E-state index contributed by atoms with van der Waals surface area (Å²) in [5, 5.41) is 4.05. The minimum absolute atomic E-state index is 0.00234. The maximum Gasteiger partial charge on any atom is 0.262 e. The maximum atomic E-state index is 13.0. The molecule has 0 bridgehead atoms. The van der Waals surface area contributed by atoms with Gasteiger partial charge in [0.1, 0.15) is 5.82 Å². The lowest BCUT2D eigenvalue weighted by Gasteiger charge is -2.19. The smallest absolute Gasteiger partial charge is 0.262 e. The second-order valence-corrected chi connectivity index (χ2v) is 6.64. The molecule has 23 heavy (non-hydrogen) atoms. The number of hydrogen-bond acceptors (Lipinski definition) is 3. The van der Waals surface area contributed by atoms with Crippen LogP contribution in [0, 0.1) is 5.92 Å². The third kappa shape index (κ3) is 2.91. The molecule has 2 heterocycles. The number of anilines is 2. The summed E-state index contributed by atoms with van der Waals surface area (Å²) in [6, 6.07) is 9.37. The van der Waals surface area contributed by atoms with Crippen LogP contribution in [-0.2, 0) is 6.42 Å².